The van der Waals surface area contributed by atoms with Gasteiger partial charge in [0.05, 0.1) is 11.9 Å². The summed E-state index contributed by atoms with van der Waals surface area (Å²) in [6.45, 7) is 0. The first-order valence-corrected chi connectivity index (χ1v) is 7.80. The first-order chi connectivity index (χ1) is 12.6. The van der Waals surface area contributed by atoms with Crippen LogP contribution >= 0.6 is 0 Å². The number of aromatic hydroxyl groups is 1. The van der Waals surface area contributed by atoms with E-state index in [0.29, 0.717) is 11.4 Å². The second kappa shape index (κ2) is 6.25. The van der Waals surface area contributed by atoms with E-state index < -0.39 is 0 Å². The third-order valence-electron chi connectivity index (χ3n) is 3.85. The number of anilines is 1. The van der Waals surface area contributed by atoms with Gasteiger partial charge >= 0.3 is 0 Å². The highest BCUT2D eigenvalue weighted by molar-refractivity contribution is 6.04. The number of pyridine rings is 3. The maximum Gasteiger partial charge on any atom is 0.257 e. The monoisotopic (exact) mass is 346 g/mol. The van der Waals surface area contributed by atoms with Crippen LogP contribution in [0.1, 0.15) is 10.4 Å². The number of nitrogens with zero attached hydrogens (tertiary/aromatic N) is 5. The molecule has 8 heteroatoms. The molecule has 4 rings (SSSR count). The zero-order valence-corrected chi connectivity index (χ0v) is 13.8. The lowest BCUT2D eigenvalue weighted by atomic mass is 10.1. The Labute approximate surface area is 148 Å². The zero-order chi connectivity index (χ0) is 18.1. The average molecular weight is 346 g/mol. The van der Waals surface area contributed by atoms with Crippen molar-refractivity contribution in [2.45, 2.75) is 0 Å². The molecule has 0 aliphatic carbocycles. The Bertz CT molecular complexity index is 1120. The fraction of sp³-hybridized carbons (Fsp3) is 0.0556. The Hall–Kier alpha value is -3.81. The summed E-state index contributed by atoms with van der Waals surface area (Å²) in [7, 11) is 1.85. The zero-order valence-electron chi connectivity index (χ0n) is 13.8. The molecule has 0 unspecified atom stereocenters. The van der Waals surface area contributed by atoms with Crippen LogP contribution in [0.3, 0.4) is 0 Å². The molecule has 0 aliphatic heterocycles. The standard InChI is InChI=1S/C18H14N6O2/c1-24-10-14(9-22-24)15-4-12-5-16(21-8-13(12)7-20-15)23-18(26)11-2-3-19-17(25)6-11/h2-10H,1H3,(H,19,25)(H,21,23,26). The number of hydrogen-bond donors (Lipinski definition) is 2. The number of fused-ring (bicyclic) bond motifs is 1. The van der Waals surface area contributed by atoms with Crippen molar-refractivity contribution in [3.8, 4) is 17.1 Å². The topological polar surface area (TPSA) is 106 Å². The maximum absolute atomic E-state index is 12.3. The van der Waals surface area contributed by atoms with E-state index in [1.807, 2.05) is 19.3 Å². The highest BCUT2D eigenvalue weighted by Gasteiger charge is 2.09. The number of aromatic nitrogens is 5. The molecule has 0 saturated heterocycles. The molecule has 0 spiro atoms. The molecule has 0 fully saturated rings. The molecular weight excluding hydrogens is 332 g/mol. The van der Waals surface area contributed by atoms with Crippen molar-refractivity contribution >= 4 is 22.5 Å². The highest BCUT2D eigenvalue weighted by Crippen LogP contribution is 2.23. The van der Waals surface area contributed by atoms with Crippen molar-refractivity contribution in [3.63, 3.8) is 0 Å². The summed E-state index contributed by atoms with van der Waals surface area (Å²) in [4.78, 5) is 24.6. The van der Waals surface area contributed by atoms with Crippen LogP contribution in [-0.4, -0.2) is 35.7 Å². The van der Waals surface area contributed by atoms with Gasteiger partial charge in [0.15, 0.2) is 0 Å². The van der Waals surface area contributed by atoms with Crippen LogP contribution in [-0.2, 0) is 7.05 Å². The van der Waals surface area contributed by atoms with E-state index in [-0.39, 0.29) is 11.8 Å². The summed E-state index contributed by atoms with van der Waals surface area (Å²) in [6.07, 6.45) is 8.37. The molecular formula is C18H14N6O2. The Morgan fingerprint density at radius 3 is 2.69 bits per heavy atom. The molecule has 0 aromatic carbocycles. The first-order valence-electron chi connectivity index (χ1n) is 7.80. The third kappa shape index (κ3) is 3.07. The number of rotatable bonds is 3. The van der Waals surface area contributed by atoms with Gasteiger partial charge < -0.3 is 10.4 Å². The summed E-state index contributed by atoms with van der Waals surface area (Å²) in [5.41, 5.74) is 1.99. The van der Waals surface area contributed by atoms with Crippen LogP contribution in [0, 0.1) is 0 Å². The molecule has 0 atom stereocenters. The van der Waals surface area contributed by atoms with Gasteiger partial charge in [0.25, 0.3) is 5.91 Å². The Morgan fingerprint density at radius 2 is 1.92 bits per heavy atom. The number of carbonyl (C=O) groups excluding carboxylic acids is 1. The van der Waals surface area contributed by atoms with Crippen molar-refractivity contribution in [1.82, 2.24) is 24.7 Å². The maximum atomic E-state index is 12.3. The molecule has 0 saturated carbocycles. The highest BCUT2D eigenvalue weighted by atomic mass is 16.3. The van der Waals surface area contributed by atoms with Gasteiger partial charge in [-0.25, -0.2) is 9.97 Å². The van der Waals surface area contributed by atoms with E-state index >= 15 is 0 Å². The molecule has 4 heterocycles. The van der Waals surface area contributed by atoms with Crippen LogP contribution in [0.25, 0.3) is 22.0 Å². The summed E-state index contributed by atoms with van der Waals surface area (Å²) in [5.74, 6) is -0.186. The fourth-order valence-electron chi connectivity index (χ4n) is 2.57. The van der Waals surface area contributed by atoms with Crippen molar-refractivity contribution in [2.24, 2.45) is 7.05 Å². The quantitative estimate of drug-likeness (QED) is 0.590. The third-order valence-corrected chi connectivity index (χ3v) is 3.85. The fourth-order valence-corrected chi connectivity index (χ4v) is 2.57. The van der Waals surface area contributed by atoms with Crippen LogP contribution < -0.4 is 5.32 Å². The summed E-state index contributed by atoms with van der Waals surface area (Å²) in [5, 5.41) is 18.0. The largest absolute Gasteiger partial charge is 0.493 e. The van der Waals surface area contributed by atoms with Gasteiger partial charge in [0.2, 0.25) is 5.88 Å². The summed E-state index contributed by atoms with van der Waals surface area (Å²) >= 11 is 0. The predicted molar refractivity (Wildman–Crippen MR) is 95.6 cm³/mol. The smallest absolute Gasteiger partial charge is 0.257 e. The van der Waals surface area contributed by atoms with Crippen LogP contribution in [0.15, 0.2) is 55.2 Å². The van der Waals surface area contributed by atoms with Gasteiger partial charge in [-0.15, -0.1) is 0 Å². The van der Waals surface area contributed by atoms with Gasteiger partial charge in [0, 0.05) is 54.4 Å². The van der Waals surface area contributed by atoms with E-state index in [0.717, 1.165) is 22.0 Å². The molecule has 2 N–H and O–H groups in total. The lowest BCUT2D eigenvalue weighted by molar-refractivity contribution is 0.102. The van der Waals surface area contributed by atoms with Crippen molar-refractivity contribution in [3.05, 3.63) is 60.8 Å². The SMILES string of the molecule is Cn1cc(-c2cc3cc(NC(=O)c4ccnc(O)c4)ncc3cn2)cn1. The molecule has 1 amide bonds. The Morgan fingerprint density at radius 1 is 1.08 bits per heavy atom. The first kappa shape index (κ1) is 15.7. The minimum atomic E-state index is -0.379. The van der Waals surface area contributed by atoms with E-state index in [1.54, 1.807) is 29.3 Å². The molecule has 128 valence electrons. The minimum absolute atomic E-state index is 0.212. The molecule has 26 heavy (non-hydrogen) atoms. The molecule has 0 bridgehead atoms. The van der Waals surface area contributed by atoms with Crippen LogP contribution in [0.4, 0.5) is 5.82 Å². The van der Waals surface area contributed by atoms with Crippen molar-refractivity contribution in [2.75, 3.05) is 5.32 Å². The molecule has 8 nitrogen and oxygen atoms in total. The summed E-state index contributed by atoms with van der Waals surface area (Å²) in [6, 6.07) is 6.50. The van der Waals surface area contributed by atoms with E-state index in [4.69, 9.17) is 0 Å². The lowest BCUT2D eigenvalue weighted by Gasteiger charge is -2.06. The van der Waals surface area contributed by atoms with Gasteiger partial charge in [-0.3, -0.25) is 14.5 Å². The lowest BCUT2D eigenvalue weighted by Crippen LogP contribution is -2.12. The normalized spacial score (nSPS) is 10.8. The van der Waals surface area contributed by atoms with Crippen molar-refractivity contribution in [1.29, 1.82) is 0 Å². The second-order valence-corrected chi connectivity index (χ2v) is 5.75. The molecule has 0 radical (unpaired) electrons. The predicted octanol–water partition coefficient (Wildman–Crippen LogP) is 2.38. The second-order valence-electron chi connectivity index (χ2n) is 5.75. The van der Waals surface area contributed by atoms with Crippen LogP contribution in [0.2, 0.25) is 0 Å². The van der Waals surface area contributed by atoms with Crippen molar-refractivity contribution < 1.29 is 9.90 Å². The van der Waals surface area contributed by atoms with Gasteiger partial charge in [0.1, 0.15) is 5.82 Å². The van der Waals surface area contributed by atoms with Crippen LogP contribution in [0.5, 0.6) is 5.88 Å². The Balaban J connectivity index is 1.65. The number of nitrogens with one attached hydrogen (secondary N) is 1. The average Bonchev–Trinajstić information content (AvgIpc) is 3.07. The minimum Gasteiger partial charge on any atom is -0.493 e. The molecule has 0 aliphatic rings. The van der Waals surface area contributed by atoms with Gasteiger partial charge in [-0.2, -0.15) is 5.10 Å². The number of carbonyl (C=O) groups is 1. The van der Waals surface area contributed by atoms with E-state index in [1.165, 1.54) is 18.3 Å². The molecule has 4 aromatic rings. The summed E-state index contributed by atoms with van der Waals surface area (Å²) < 4.78 is 1.71. The molecule has 4 aromatic heterocycles. The number of aryl methyl sites for hydroxylation is 1. The van der Waals surface area contributed by atoms with Gasteiger partial charge in [-0.1, -0.05) is 0 Å². The Kier molecular flexibility index (Phi) is 3.77. The number of hydrogen-bond acceptors (Lipinski definition) is 6. The van der Waals surface area contributed by atoms with E-state index in [2.05, 4.69) is 25.4 Å². The van der Waals surface area contributed by atoms with Gasteiger partial charge in [-0.05, 0) is 23.6 Å². The number of amides is 1. The van der Waals surface area contributed by atoms with E-state index in [9.17, 15) is 9.90 Å².